The third kappa shape index (κ3) is 2.34. The maximum absolute atomic E-state index is 11.9. The summed E-state index contributed by atoms with van der Waals surface area (Å²) in [7, 11) is 0. The van der Waals surface area contributed by atoms with E-state index in [1.54, 1.807) is 0 Å². The summed E-state index contributed by atoms with van der Waals surface area (Å²) in [4.78, 5) is 22.2. The average molecular weight is 355 g/mol. The maximum Gasteiger partial charge on any atom is 0.280 e. The van der Waals surface area contributed by atoms with Crippen molar-refractivity contribution >= 4 is 28.7 Å². The quantitative estimate of drug-likeness (QED) is 0.395. The average Bonchev–Trinajstić information content (AvgIpc) is 3.00. The van der Waals surface area contributed by atoms with Crippen LogP contribution >= 0.6 is 11.6 Å². The first-order chi connectivity index (χ1) is 11.3. The maximum atomic E-state index is 11.9. The van der Waals surface area contributed by atoms with Gasteiger partial charge >= 0.3 is 0 Å². The smallest absolute Gasteiger partial charge is 0.280 e. The number of hydrogen-bond acceptors (Lipinski definition) is 8. The molecule has 3 heterocycles. The number of nitrogens with zero attached hydrogens (tertiary/aromatic N) is 3. The number of nitrogens with two attached hydrogens (primary N) is 2. The molecule has 2 aromatic rings. The lowest BCUT2D eigenvalue weighted by Gasteiger charge is -2.27. The molecule has 3 rings (SSSR count). The molecule has 0 saturated carbocycles. The van der Waals surface area contributed by atoms with E-state index in [0.29, 0.717) is 0 Å². The second kappa shape index (κ2) is 5.73. The zero-order valence-electron chi connectivity index (χ0n) is 12.5. The van der Waals surface area contributed by atoms with Gasteiger partial charge in [0, 0.05) is 5.38 Å². The number of H-pyrrole nitrogens is 1. The summed E-state index contributed by atoms with van der Waals surface area (Å²) >= 11 is 5.47. The van der Waals surface area contributed by atoms with Gasteiger partial charge in [-0.1, -0.05) is 5.92 Å². The van der Waals surface area contributed by atoms with Crippen LogP contribution in [0.4, 0.5) is 5.95 Å². The van der Waals surface area contributed by atoms with E-state index < -0.39 is 35.6 Å². The number of imidazole rings is 1. The second-order valence-electron chi connectivity index (χ2n) is 5.57. The molecule has 1 saturated heterocycles. The predicted octanol–water partition coefficient (Wildman–Crippen LogP) is -1.76. The van der Waals surface area contributed by atoms with E-state index in [1.807, 2.05) is 0 Å². The van der Waals surface area contributed by atoms with Crippen molar-refractivity contribution in [2.24, 2.45) is 5.73 Å². The first kappa shape index (κ1) is 16.7. The van der Waals surface area contributed by atoms with Crippen LogP contribution in [0, 0.1) is 11.3 Å². The van der Waals surface area contributed by atoms with Gasteiger partial charge < -0.3 is 26.4 Å². The SMILES string of the molecule is C[C@H](O)[C@H]1O[C@@H](n2cnc3c(=O)[nH]c(N)nc32)[C@@](N)(C#CCl)C1O. The summed E-state index contributed by atoms with van der Waals surface area (Å²) in [6.07, 6.45) is -3.22. The Morgan fingerprint density at radius 2 is 2.33 bits per heavy atom. The van der Waals surface area contributed by atoms with E-state index in [4.69, 9.17) is 27.8 Å². The minimum Gasteiger partial charge on any atom is -0.391 e. The van der Waals surface area contributed by atoms with Crippen molar-refractivity contribution in [2.75, 3.05) is 5.73 Å². The van der Waals surface area contributed by atoms with Crippen molar-refractivity contribution in [3.05, 3.63) is 16.7 Å². The molecule has 1 aliphatic rings. The van der Waals surface area contributed by atoms with Crippen molar-refractivity contribution in [2.45, 2.75) is 37.0 Å². The highest BCUT2D eigenvalue weighted by atomic mass is 35.5. The second-order valence-corrected chi connectivity index (χ2v) is 5.76. The van der Waals surface area contributed by atoms with Crippen molar-refractivity contribution in [3.8, 4) is 11.3 Å². The van der Waals surface area contributed by atoms with Gasteiger partial charge in [-0.05, 0) is 18.5 Å². The van der Waals surface area contributed by atoms with E-state index in [9.17, 15) is 15.0 Å². The Hall–Kier alpha value is -2.16. The van der Waals surface area contributed by atoms with Crippen molar-refractivity contribution in [1.29, 1.82) is 0 Å². The summed E-state index contributed by atoms with van der Waals surface area (Å²) in [6.45, 7) is 1.44. The lowest BCUT2D eigenvalue weighted by Crippen LogP contribution is -2.54. The number of aliphatic hydroxyl groups excluding tert-OH is 2. The molecule has 5 atom stereocenters. The Morgan fingerprint density at radius 1 is 1.62 bits per heavy atom. The molecule has 0 aliphatic carbocycles. The lowest BCUT2D eigenvalue weighted by molar-refractivity contribution is -0.0756. The van der Waals surface area contributed by atoms with Crippen LogP contribution in [0.25, 0.3) is 11.2 Å². The van der Waals surface area contributed by atoms with Gasteiger partial charge in [0.1, 0.15) is 12.2 Å². The van der Waals surface area contributed by atoms with Gasteiger partial charge in [-0.25, -0.2) is 4.98 Å². The minimum absolute atomic E-state index is 0.0176. The number of aliphatic hydroxyl groups is 2. The third-order valence-corrected chi connectivity index (χ3v) is 4.03. The Labute approximate surface area is 140 Å². The fourth-order valence-electron chi connectivity index (χ4n) is 2.76. The molecule has 0 amide bonds. The number of fused-ring (bicyclic) bond motifs is 1. The number of hydrogen-bond donors (Lipinski definition) is 5. The van der Waals surface area contributed by atoms with E-state index in [1.165, 1.54) is 17.8 Å². The molecule has 0 aromatic carbocycles. The number of halogens is 1. The number of ether oxygens (including phenoxy) is 1. The third-order valence-electron chi connectivity index (χ3n) is 3.94. The summed E-state index contributed by atoms with van der Waals surface area (Å²) in [5.74, 6) is 2.38. The van der Waals surface area contributed by atoms with Gasteiger partial charge in [0.05, 0.1) is 12.4 Å². The van der Waals surface area contributed by atoms with E-state index >= 15 is 0 Å². The fraction of sp³-hybridized carbons (Fsp3) is 0.462. The number of anilines is 1. The molecule has 7 N–H and O–H groups in total. The minimum atomic E-state index is -1.66. The van der Waals surface area contributed by atoms with Gasteiger partial charge in [0.25, 0.3) is 5.56 Å². The largest absolute Gasteiger partial charge is 0.391 e. The normalized spacial score (nSPS) is 31.0. The first-order valence-corrected chi connectivity index (χ1v) is 7.33. The molecule has 1 fully saturated rings. The van der Waals surface area contributed by atoms with Gasteiger partial charge in [-0.2, -0.15) is 4.98 Å². The van der Waals surface area contributed by atoms with Crippen LogP contribution in [0.3, 0.4) is 0 Å². The van der Waals surface area contributed by atoms with Crippen molar-refractivity contribution in [1.82, 2.24) is 19.5 Å². The number of rotatable bonds is 2. The Balaban J connectivity index is 2.20. The molecule has 0 bridgehead atoms. The molecule has 11 heteroatoms. The number of aromatic nitrogens is 4. The summed E-state index contributed by atoms with van der Waals surface area (Å²) < 4.78 is 7.01. The van der Waals surface area contributed by atoms with Crippen LogP contribution < -0.4 is 17.0 Å². The zero-order valence-corrected chi connectivity index (χ0v) is 13.2. The Kier molecular flexibility index (Phi) is 3.98. The van der Waals surface area contributed by atoms with Gasteiger partial charge in [-0.15, -0.1) is 0 Å². The molecule has 0 spiro atoms. The molecule has 1 unspecified atom stereocenters. The van der Waals surface area contributed by atoms with Crippen molar-refractivity contribution in [3.63, 3.8) is 0 Å². The zero-order chi connectivity index (χ0) is 17.6. The molecule has 128 valence electrons. The topological polar surface area (TPSA) is 165 Å². The van der Waals surface area contributed by atoms with Crippen LogP contribution in [0.5, 0.6) is 0 Å². The highest BCUT2D eigenvalue weighted by Gasteiger charge is 2.56. The first-order valence-electron chi connectivity index (χ1n) is 6.95. The Bertz CT molecular complexity index is 899. The van der Waals surface area contributed by atoms with E-state index in [-0.39, 0.29) is 17.1 Å². The molecule has 2 aromatic heterocycles. The molecule has 24 heavy (non-hydrogen) atoms. The molecular formula is C13H15ClN6O4. The number of nitrogens with one attached hydrogen (secondary N) is 1. The van der Waals surface area contributed by atoms with Gasteiger partial charge in [-0.3, -0.25) is 14.3 Å². The molecule has 0 radical (unpaired) electrons. The fourth-order valence-corrected chi connectivity index (χ4v) is 2.92. The monoisotopic (exact) mass is 354 g/mol. The van der Waals surface area contributed by atoms with Crippen LogP contribution in [-0.4, -0.2) is 53.6 Å². The summed E-state index contributed by atoms with van der Waals surface area (Å²) in [5.41, 5.74) is 9.70. The van der Waals surface area contributed by atoms with E-state index in [2.05, 4.69) is 26.3 Å². The summed E-state index contributed by atoms with van der Waals surface area (Å²) in [5, 5.41) is 22.4. The molecule has 1 aliphatic heterocycles. The van der Waals surface area contributed by atoms with Gasteiger partial charge in [0.15, 0.2) is 22.9 Å². The van der Waals surface area contributed by atoms with Crippen molar-refractivity contribution < 1.29 is 14.9 Å². The lowest BCUT2D eigenvalue weighted by atomic mass is 9.90. The standard InChI is InChI=1S/C13H15ClN6O4/c1-5(21)7-8(22)13(16,2-3-14)11(24-7)20-4-17-6-9(20)18-12(15)19-10(6)23/h4-5,7-8,11,21-22H,16H2,1H3,(H3,15,18,19,23)/t5-,7+,8?,11+,13+/m0/s1. The van der Waals surface area contributed by atoms with Crippen LogP contribution in [0.15, 0.2) is 11.1 Å². The Morgan fingerprint density at radius 3 is 2.96 bits per heavy atom. The van der Waals surface area contributed by atoms with E-state index in [0.717, 1.165) is 0 Å². The van der Waals surface area contributed by atoms with Crippen LogP contribution in [0.1, 0.15) is 13.2 Å². The van der Waals surface area contributed by atoms with Crippen LogP contribution in [-0.2, 0) is 4.74 Å². The highest BCUT2D eigenvalue weighted by molar-refractivity contribution is 6.30. The van der Waals surface area contributed by atoms with Gasteiger partial charge in [0.2, 0.25) is 5.95 Å². The highest BCUT2D eigenvalue weighted by Crippen LogP contribution is 2.38. The molecular weight excluding hydrogens is 340 g/mol. The predicted molar refractivity (Wildman–Crippen MR) is 84.7 cm³/mol. The molecule has 10 nitrogen and oxygen atoms in total. The number of aromatic amines is 1. The van der Waals surface area contributed by atoms with Crippen LogP contribution in [0.2, 0.25) is 0 Å². The summed E-state index contributed by atoms with van der Waals surface area (Å²) in [6, 6.07) is 0. The number of nitrogen functional groups attached to an aromatic ring is 1.